The van der Waals surface area contributed by atoms with Crippen molar-refractivity contribution in [2.24, 2.45) is 0 Å². The van der Waals surface area contributed by atoms with Gasteiger partial charge in [0, 0.05) is 24.2 Å². The third-order valence-electron chi connectivity index (χ3n) is 3.16. The van der Waals surface area contributed by atoms with E-state index in [0.29, 0.717) is 35.5 Å². The lowest BCUT2D eigenvalue weighted by molar-refractivity contribution is -0.116. The predicted molar refractivity (Wildman–Crippen MR) is 91.0 cm³/mol. The molecule has 0 saturated heterocycles. The van der Waals surface area contributed by atoms with Crippen LogP contribution in [0.5, 0.6) is 0 Å². The van der Waals surface area contributed by atoms with Crippen LogP contribution in [0, 0.1) is 0 Å². The van der Waals surface area contributed by atoms with E-state index in [0.717, 1.165) is 0 Å². The van der Waals surface area contributed by atoms with Crippen LogP contribution in [0.2, 0.25) is 0 Å². The largest absolute Gasteiger partial charge is 0.351 e. The van der Waals surface area contributed by atoms with Gasteiger partial charge in [-0.15, -0.1) is 11.3 Å². The van der Waals surface area contributed by atoms with Gasteiger partial charge in [-0.1, -0.05) is 18.2 Å². The van der Waals surface area contributed by atoms with Crippen LogP contribution < -0.4 is 10.6 Å². The second-order valence-corrected chi connectivity index (χ2v) is 5.97. The lowest BCUT2D eigenvalue weighted by Gasteiger charge is -2.07. The van der Waals surface area contributed by atoms with Gasteiger partial charge in [0.2, 0.25) is 5.91 Å². The fourth-order valence-corrected chi connectivity index (χ4v) is 2.63. The molecule has 0 saturated carbocycles. The van der Waals surface area contributed by atoms with Gasteiger partial charge in [-0.05, 0) is 36.9 Å². The second kappa shape index (κ2) is 8.24. The third-order valence-corrected chi connectivity index (χ3v) is 4.03. The van der Waals surface area contributed by atoms with Crippen molar-refractivity contribution in [3.8, 4) is 0 Å². The molecule has 0 aliphatic rings. The number of benzene rings is 1. The molecule has 5 nitrogen and oxygen atoms in total. The fourth-order valence-electron chi connectivity index (χ4n) is 1.99. The van der Waals surface area contributed by atoms with E-state index in [-0.39, 0.29) is 17.6 Å². The van der Waals surface area contributed by atoms with Crippen LogP contribution in [0.3, 0.4) is 0 Å². The molecule has 0 aliphatic heterocycles. The van der Waals surface area contributed by atoms with Crippen LogP contribution in [0.1, 0.15) is 39.8 Å². The Morgan fingerprint density at radius 3 is 2.65 bits per heavy atom. The quantitative estimate of drug-likeness (QED) is 0.605. The van der Waals surface area contributed by atoms with Gasteiger partial charge < -0.3 is 10.6 Å². The highest BCUT2D eigenvalue weighted by atomic mass is 32.1. The number of carbonyl (C=O) groups excluding carboxylic acids is 3. The molecule has 6 heteroatoms. The smallest absolute Gasteiger partial charge is 0.261 e. The fraction of sp³-hybridized carbons (Fsp3) is 0.235. The molecule has 0 aliphatic carbocycles. The maximum Gasteiger partial charge on any atom is 0.261 e. The monoisotopic (exact) mass is 330 g/mol. The Bertz CT molecular complexity index is 696. The second-order valence-electron chi connectivity index (χ2n) is 5.02. The van der Waals surface area contributed by atoms with Gasteiger partial charge in [-0.2, -0.15) is 0 Å². The number of nitrogens with one attached hydrogen (secondary N) is 2. The highest BCUT2D eigenvalue weighted by Gasteiger charge is 2.07. The number of rotatable bonds is 7. The third kappa shape index (κ3) is 5.34. The lowest BCUT2D eigenvalue weighted by Crippen LogP contribution is -2.24. The van der Waals surface area contributed by atoms with Gasteiger partial charge in [-0.3, -0.25) is 14.4 Å². The summed E-state index contributed by atoms with van der Waals surface area (Å²) in [6, 6.07) is 10.4. The molecule has 0 unspecified atom stereocenters. The van der Waals surface area contributed by atoms with Crippen molar-refractivity contribution < 1.29 is 14.4 Å². The van der Waals surface area contributed by atoms with E-state index >= 15 is 0 Å². The van der Waals surface area contributed by atoms with Gasteiger partial charge in [0.05, 0.1) is 4.88 Å². The van der Waals surface area contributed by atoms with Crippen LogP contribution in [-0.4, -0.2) is 24.1 Å². The van der Waals surface area contributed by atoms with Crippen molar-refractivity contribution in [3.63, 3.8) is 0 Å². The maximum atomic E-state index is 11.9. The van der Waals surface area contributed by atoms with Gasteiger partial charge >= 0.3 is 0 Å². The highest BCUT2D eigenvalue weighted by Crippen LogP contribution is 2.12. The first-order valence-corrected chi connectivity index (χ1v) is 8.17. The molecular weight excluding hydrogens is 312 g/mol. The van der Waals surface area contributed by atoms with Gasteiger partial charge in [0.15, 0.2) is 5.78 Å². The molecule has 2 rings (SSSR count). The Morgan fingerprint density at radius 1 is 1.13 bits per heavy atom. The number of anilines is 1. The number of ketones is 1. The molecule has 0 radical (unpaired) electrons. The molecule has 2 aromatic rings. The average Bonchev–Trinajstić information content (AvgIpc) is 3.06. The molecule has 1 aromatic heterocycles. The lowest BCUT2D eigenvalue weighted by atomic mass is 10.1. The highest BCUT2D eigenvalue weighted by molar-refractivity contribution is 7.12. The van der Waals surface area contributed by atoms with E-state index in [9.17, 15) is 14.4 Å². The van der Waals surface area contributed by atoms with E-state index < -0.39 is 0 Å². The zero-order chi connectivity index (χ0) is 16.7. The minimum absolute atomic E-state index is 0.0441. The summed E-state index contributed by atoms with van der Waals surface area (Å²) in [5, 5.41) is 7.37. The summed E-state index contributed by atoms with van der Waals surface area (Å²) < 4.78 is 0. The van der Waals surface area contributed by atoms with E-state index in [1.54, 1.807) is 30.3 Å². The Balaban J connectivity index is 1.72. The van der Waals surface area contributed by atoms with E-state index in [1.165, 1.54) is 18.3 Å². The first-order chi connectivity index (χ1) is 11.1. The summed E-state index contributed by atoms with van der Waals surface area (Å²) in [7, 11) is 0. The molecule has 1 aromatic carbocycles. The Morgan fingerprint density at radius 2 is 1.96 bits per heavy atom. The van der Waals surface area contributed by atoms with Crippen LogP contribution in [0.25, 0.3) is 0 Å². The summed E-state index contributed by atoms with van der Waals surface area (Å²) in [5.41, 5.74) is 1.16. The molecule has 0 atom stereocenters. The molecule has 2 amide bonds. The number of hydrogen-bond donors (Lipinski definition) is 2. The van der Waals surface area contributed by atoms with Crippen molar-refractivity contribution in [2.75, 3.05) is 11.9 Å². The molecule has 0 spiro atoms. The molecule has 0 bridgehead atoms. The van der Waals surface area contributed by atoms with E-state index in [2.05, 4.69) is 10.6 Å². The number of carbonyl (C=O) groups is 3. The van der Waals surface area contributed by atoms with Crippen LogP contribution in [0.15, 0.2) is 41.8 Å². The number of Topliss-reactive ketones (excluding diaryl/α,β-unsaturated/α-hetero) is 1. The number of thiophene rings is 1. The Hall–Kier alpha value is -2.47. The number of hydrogen-bond acceptors (Lipinski definition) is 4. The minimum atomic E-state index is -0.143. The van der Waals surface area contributed by atoms with Crippen LogP contribution >= 0.6 is 11.3 Å². The summed E-state index contributed by atoms with van der Waals surface area (Å²) >= 11 is 1.38. The molecule has 0 fully saturated rings. The summed E-state index contributed by atoms with van der Waals surface area (Å²) in [6.45, 7) is 1.93. The predicted octanol–water partition coefficient (Wildman–Crippen LogP) is 3.10. The van der Waals surface area contributed by atoms with Gasteiger partial charge in [0.1, 0.15) is 0 Å². The van der Waals surface area contributed by atoms with Crippen LogP contribution in [-0.2, 0) is 4.79 Å². The molecule has 2 N–H and O–H groups in total. The van der Waals surface area contributed by atoms with Crippen molar-refractivity contribution in [1.29, 1.82) is 0 Å². The normalized spacial score (nSPS) is 10.1. The summed E-state index contributed by atoms with van der Waals surface area (Å²) in [4.78, 5) is 35.5. The van der Waals surface area contributed by atoms with Crippen LogP contribution in [0.4, 0.5) is 5.69 Å². The van der Waals surface area contributed by atoms with Crippen molar-refractivity contribution in [1.82, 2.24) is 5.32 Å². The Kier molecular flexibility index (Phi) is 6.05. The maximum absolute atomic E-state index is 11.9. The number of amides is 2. The molecular formula is C17H18N2O3S. The van der Waals surface area contributed by atoms with Crippen molar-refractivity contribution in [2.45, 2.75) is 19.8 Å². The first kappa shape index (κ1) is 16.9. The minimum Gasteiger partial charge on any atom is -0.351 e. The van der Waals surface area contributed by atoms with E-state index in [4.69, 9.17) is 0 Å². The summed E-state index contributed by atoms with van der Waals surface area (Å²) in [6.07, 6.45) is 0.852. The van der Waals surface area contributed by atoms with Crippen molar-refractivity contribution >= 4 is 34.6 Å². The first-order valence-electron chi connectivity index (χ1n) is 7.29. The molecule has 120 valence electrons. The SMILES string of the molecule is CC(=O)c1cccc(NC(=O)CCCNC(=O)c2cccs2)c1. The topological polar surface area (TPSA) is 75.3 Å². The molecule has 23 heavy (non-hydrogen) atoms. The van der Waals surface area contributed by atoms with Crippen molar-refractivity contribution in [3.05, 3.63) is 52.2 Å². The average molecular weight is 330 g/mol. The van der Waals surface area contributed by atoms with Gasteiger partial charge in [0.25, 0.3) is 5.91 Å². The standard InChI is InChI=1S/C17H18N2O3S/c1-12(20)13-5-2-6-14(11-13)19-16(21)8-3-9-18-17(22)15-7-4-10-23-15/h2,4-7,10-11H,3,8-9H2,1H3,(H,18,22)(H,19,21). The molecule has 1 heterocycles. The zero-order valence-corrected chi connectivity index (χ0v) is 13.6. The summed E-state index contributed by atoms with van der Waals surface area (Å²) in [5.74, 6) is -0.303. The van der Waals surface area contributed by atoms with Gasteiger partial charge in [-0.25, -0.2) is 0 Å². The van der Waals surface area contributed by atoms with E-state index in [1.807, 2.05) is 11.4 Å². The zero-order valence-electron chi connectivity index (χ0n) is 12.8. The Labute approximate surface area is 138 Å².